The van der Waals surface area contributed by atoms with Gasteiger partial charge in [0.25, 0.3) is 0 Å². The quantitative estimate of drug-likeness (QED) is 0.485. The van der Waals surface area contributed by atoms with Crippen molar-refractivity contribution in [1.82, 2.24) is 10.6 Å². The number of hydrogen-bond donors (Lipinski definition) is 3. The monoisotopic (exact) mass is 470 g/mol. The van der Waals surface area contributed by atoms with E-state index in [2.05, 4.69) is 22.8 Å². The second-order valence-corrected chi connectivity index (χ2v) is 9.27. The van der Waals surface area contributed by atoms with Crippen molar-refractivity contribution in [2.24, 2.45) is 0 Å². The van der Waals surface area contributed by atoms with E-state index >= 15 is 0 Å². The van der Waals surface area contributed by atoms with Crippen LogP contribution in [0.4, 0.5) is 4.79 Å². The first-order chi connectivity index (χ1) is 15.8. The molecule has 0 spiro atoms. The number of aliphatic carboxylic acids is 1. The lowest BCUT2D eigenvalue weighted by Gasteiger charge is -2.27. The van der Waals surface area contributed by atoms with Gasteiger partial charge in [0, 0.05) is 5.92 Å². The highest BCUT2D eigenvalue weighted by Gasteiger charge is 2.35. The molecule has 0 heterocycles. The first kappa shape index (κ1) is 24.6. The fourth-order valence-electron chi connectivity index (χ4n) is 3.94. The molecule has 2 aromatic rings. The number of thioether (sulfide) groups is 1. The topological polar surface area (TPSA) is 105 Å². The number of alkyl carbamates (subject to hydrolysis) is 1. The zero-order chi connectivity index (χ0) is 24.0. The number of fused-ring (bicyclic) bond motifs is 3. The predicted molar refractivity (Wildman–Crippen MR) is 129 cm³/mol. The molecule has 2 aromatic carbocycles. The maximum absolute atomic E-state index is 12.8. The molecule has 1 aliphatic carbocycles. The molecule has 0 radical (unpaired) electrons. The summed E-state index contributed by atoms with van der Waals surface area (Å²) in [7, 11) is 0. The van der Waals surface area contributed by atoms with Gasteiger partial charge >= 0.3 is 12.1 Å². The van der Waals surface area contributed by atoms with E-state index in [4.69, 9.17) is 4.74 Å². The summed E-state index contributed by atoms with van der Waals surface area (Å²) in [4.78, 5) is 37.0. The van der Waals surface area contributed by atoms with Gasteiger partial charge in [0.15, 0.2) is 0 Å². The summed E-state index contributed by atoms with van der Waals surface area (Å²) in [5.41, 5.74) is 3.06. The number of amides is 2. The summed E-state index contributed by atoms with van der Waals surface area (Å²) in [6, 6.07) is 15.2. The molecule has 1 unspecified atom stereocenters. The Kier molecular flexibility index (Phi) is 8.02. The minimum absolute atomic E-state index is 0.0861. The van der Waals surface area contributed by atoms with Crippen LogP contribution in [0.2, 0.25) is 0 Å². The number of carbonyl (C=O) groups excluding carboxylic acids is 2. The number of ether oxygens (including phenoxy) is 1. The van der Waals surface area contributed by atoms with Crippen LogP contribution in [0.25, 0.3) is 11.1 Å². The van der Waals surface area contributed by atoms with E-state index in [9.17, 15) is 19.5 Å². The van der Waals surface area contributed by atoms with Crippen LogP contribution in [0.1, 0.15) is 43.7 Å². The summed E-state index contributed by atoms with van der Waals surface area (Å²) in [6.07, 6.45) is 1.77. The van der Waals surface area contributed by atoms with Gasteiger partial charge < -0.3 is 20.5 Å². The molecule has 0 aromatic heterocycles. The van der Waals surface area contributed by atoms with Crippen molar-refractivity contribution in [1.29, 1.82) is 0 Å². The third-order valence-electron chi connectivity index (χ3n) is 6.14. The van der Waals surface area contributed by atoms with Crippen LogP contribution in [0.5, 0.6) is 0 Å². The van der Waals surface area contributed by atoms with E-state index in [1.807, 2.05) is 42.7 Å². The van der Waals surface area contributed by atoms with Crippen molar-refractivity contribution >= 4 is 29.7 Å². The molecule has 2 atom stereocenters. The molecule has 8 heteroatoms. The van der Waals surface area contributed by atoms with E-state index in [1.54, 1.807) is 6.92 Å². The number of carboxylic acid groups (broad SMARTS) is 1. The Bertz CT molecular complexity index is 982. The highest BCUT2D eigenvalue weighted by Crippen LogP contribution is 2.44. The third kappa shape index (κ3) is 5.50. The van der Waals surface area contributed by atoms with E-state index < -0.39 is 29.6 Å². The average Bonchev–Trinajstić information content (AvgIpc) is 3.13. The lowest BCUT2D eigenvalue weighted by atomic mass is 9.98. The highest BCUT2D eigenvalue weighted by atomic mass is 32.2. The maximum Gasteiger partial charge on any atom is 0.407 e. The molecule has 0 bridgehead atoms. The van der Waals surface area contributed by atoms with Crippen molar-refractivity contribution in [3.8, 4) is 11.1 Å². The SMILES string of the molecule is CCC(C)(NC(=O)[C@H](CCSC)NC(=O)OCC1c2ccccc2-c2ccccc21)C(=O)O. The van der Waals surface area contributed by atoms with Crippen LogP contribution >= 0.6 is 11.8 Å². The molecule has 1 aliphatic rings. The molecule has 3 N–H and O–H groups in total. The van der Waals surface area contributed by atoms with E-state index in [0.717, 1.165) is 22.3 Å². The van der Waals surface area contributed by atoms with Crippen LogP contribution in [0.3, 0.4) is 0 Å². The molecule has 0 saturated heterocycles. The highest BCUT2D eigenvalue weighted by molar-refractivity contribution is 7.98. The lowest BCUT2D eigenvalue weighted by Crippen LogP contribution is -2.57. The minimum atomic E-state index is -1.41. The smallest absolute Gasteiger partial charge is 0.407 e. The van der Waals surface area contributed by atoms with Gasteiger partial charge in [-0.1, -0.05) is 55.5 Å². The van der Waals surface area contributed by atoms with Crippen LogP contribution in [-0.4, -0.2) is 53.3 Å². The van der Waals surface area contributed by atoms with E-state index in [-0.39, 0.29) is 18.9 Å². The molecule has 3 rings (SSSR count). The maximum atomic E-state index is 12.8. The summed E-state index contributed by atoms with van der Waals surface area (Å²) < 4.78 is 5.55. The van der Waals surface area contributed by atoms with Crippen molar-refractivity contribution in [3.05, 3.63) is 59.7 Å². The van der Waals surface area contributed by atoms with E-state index in [1.165, 1.54) is 18.7 Å². The Morgan fingerprint density at radius 1 is 1.09 bits per heavy atom. The number of carboxylic acids is 1. The van der Waals surface area contributed by atoms with Gasteiger partial charge in [0.1, 0.15) is 18.2 Å². The fraction of sp³-hybridized carbons (Fsp3) is 0.400. The summed E-state index contributed by atoms with van der Waals surface area (Å²) in [6.45, 7) is 3.27. The van der Waals surface area contributed by atoms with E-state index in [0.29, 0.717) is 12.2 Å². The number of carbonyl (C=O) groups is 3. The van der Waals surface area contributed by atoms with Crippen molar-refractivity contribution in [2.75, 3.05) is 18.6 Å². The van der Waals surface area contributed by atoms with Gasteiger partial charge in [-0.15, -0.1) is 0 Å². The van der Waals surface area contributed by atoms with Crippen LogP contribution in [-0.2, 0) is 14.3 Å². The molecule has 33 heavy (non-hydrogen) atoms. The summed E-state index contributed by atoms with van der Waals surface area (Å²) >= 11 is 1.53. The van der Waals surface area contributed by atoms with Gasteiger partial charge in [-0.25, -0.2) is 9.59 Å². The molecule has 176 valence electrons. The Labute approximate surface area is 198 Å². The first-order valence-electron chi connectivity index (χ1n) is 11.0. The first-order valence-corrected chi connectivity index (χ1v) is 12.4. The summed E-state index contributed by atoms with van der Waals surface area (Å²) in [5, 5.41) is 14.6. The molecule has 0 aliphatic heterocycles. The molecular formula is C25H30N2O5S. The lowest BCUT2D eigenvalue weighted by molar-refractivity contribution is -0.147. The largest absolute Gasteiger partial charge is 0.480 e. The minimum Gasteiger partial charge on any atom is -0.480 e. The van der Waals surface area contributed by atoms with Crippen molar-refractivity contribution < 1.29 is 24.2 Å². The zero-order valence-electron chi connectivity index (χ0n) is 19.1. The molecule has 0 fully saturated rings. The molecule has 2 amide bonds. The predicted octanol–water partition coefficient (Wildman–Crippen LogP) is 4.02. The second-order valence-electron chi connectivity index (χ2n) is 8.28. The number of hydrogen-bond acceptors (Lipinski definition) is 5. The fourth-order valence-corrected chi connectivity index (χ4v) is 4.41. The molecular weight excluding hydrogens is 440 g/mol. The number of benzene rings is 2. The Balaban J connectivity index is 1.67. The van der Waals surface area contributed by atoms with Crippen LogP contribution in [0, 0.1) is 0 Å². The van der Waals surface area contributed by atoms with Gasteiger partial charge in [-0.05, 0) is 54.0 Å². The Morgan fingerprint density at radius 2 is 1.67 bits per heavy atom. The third-order valence-corrected chi connectivity index (χ3v) is 6.79. The molecule has 7 nitrogen and oxygen atoms in total. The van der Waals surface area contributed by atoms with Crippen molar-refractivity contribution in [2.45, 2.75) is 44.2 Å². The Hall–Kier alpha value is -3.00. The normalized spacial score (nSPS) is 15.0. The van der Waals surface area contributed by atoms with Gasteiger partial charge in [0.2, 0.25) is 5.91 Å². The number of nitrogens with one attached hydrogen (secondary N) is 2. The number of rotatable bonds is 10. The van der Waals surface area contributed by atoms with Crippen LogP contribution in [0.15, 0.2) is 48.5 Å². The zero-order valence-corrected chi connectivity index (χ0v) is 19.9. The van der Waals surface area contributed by atoms with Gasteiger partial charge in [-0.3, -0.25) is 4.79 Å². The standard InChI is InChI=1S/C25H30N2O5S/c1-4-25(2,23(29)30)27-22(28)21(13-14-33-3)26-24(31)32-15-20-18-11-7-5-9-16(18)17-10-6-8-12-19(17)20/h5-12,20-21H,4,13-15H2,1-3H3,(H,26,31)(H,27,28)(H,29,30)/t21-,25?/m0/s1. The summed E-state index contributed by atoms with van der Waals surface area (Å²) in [5.74, 6) is -1.12. The Morgan fingerprint density at radius 3 is 2.18 bits per heavy atom. The van der Waals surface area contributed by atoms with Gasteiger partial charge in [0.05, 0.1) is 0 Å². The second kappa shape index (κ2) is 10.7. The van der Waals surface area contributed by atoms with Crippen LogP contribution < -0.4 is 10.6 Å². The molecule has 0 saturated carbocycles. The average molecular weight is 471 g/mol. The van der Waals surface area contributed by atoms with Crippen molar-refractivity contribution in [3.63, 3.8) is 0 Å². The van der Waals surface area contributed by atoms with Gasteiger partial charge in [-0.2, -0.15) is 11.8 Å².